The molecule has 11 heavy (non-hydrogen) atoms. The van der Waals surface area contributed by atoms with Crippen molar-refractivity contribution in [2.45, 2.75) is 0 Å². The molecule has 0 amide bonds. The molecule has 0 saturated heterocycles. The Morgan fingerprint density at radius 2 is 2.09 bits per heavy atom. The molecule has 1 atom stereocenters. The fourth-order valence-electron chi connectivity index (χ4n) is 0.285. The monoisotopic (exact) mass is 240 g/mol. The Labute approximate surface area is 119 Å². The fraction of sp³-hybridized carbons (Fsp3) is 1.00. The van der Waals surface area contributed by atoms with Crippen LogP contribution in [-0.2, 0) is 26.1 Å². The smallest absolute Gasteiger partial charge is 0.678 e. The van der Waals surface area contributed by atoms with Crippen molar-refractivity contribution in [3.63, 3.8) is 0 Å². The number of hydrogen-bond acceptors (Lipinski definition) is 5. The number of ether oxygens (including phenoxy) is 1. The van der Waals surface area contributed by atoms with Crippen LogP contribution in [0.3, 0.4) is 0 Å². The third kappa shape index (κ3) is 10.4. The summed E-state index contributed by atoms with van der Waals surface area (Å²) in [5, 5.41) is 0. The molecule has 0 aliphatic carbocycles. The minimum Gasteiger partial charge on any atom is -0.678 e. The molecule has 3 nitrogen and oxygen atoms in total. The standard InChI is InChI=1S/C4H11O3PS2.K/c1-6-3-4-10-8(5,9)7-2;/h3-4H2,1-2H3,(H,5,9);/q;+1/p-1. The summed E-state index contributed by atoms with van der Waals surface area (Å²) < 4.78 is 20.3. The van der Waals surface area contributed by atoms with Gasteiger partial charge in [0.1, 0.15) is 5.77 Å². The van der Waals surface area contributed by atoms with E-state index >= 15 is 0 Å². The molecular formula is C4H10KO3PS2. The van der Waals surface area contributed by atoms with Crippen molar-refractivity contribution in [1.29, 1.82) is 0 Å². The third-order valence-electron chi connectivity index (χ3n) is 0.760. The number of methoxy groups -OCH3 is 1. The van der Waals surface area contributed by atoms with Crippen LogP contribution in [0.2, 0.25) is 0 Å². The van der Waals surface area contributed by atoms with Gasteiger partial charge in [-0.3, -0.25) is 0 Å². The maximum absolute atomic E-state index is 11.0. The summed E-state index contributed by atoms with van der Waals surface area (Å²) in [5.74, 6) is -2.17. The first-order valence-electron chi connectivity index (χ1n) is 2.62. The van der Waals surface area contributed by atoms with Crippen molar-refractivity contribution < 1.29 is 65.2 Å². The summed E-state index contributed by atoms with van der Waals surface area (Å²) in [6.45, 7) is 0.550. The Morgan fingerprint density at radius 1 is 1.55 bits per heavy atom. The SMILES string of the molecule is COCCSP(=O)([S-])OC.[K+]. The molecule has 0 heterocycles. The summed E-state index contributed by atoms with van der Waals surface area (Å²) in [6.07, 6.45) is 0. The molecule has 62 valence electrons. The molecule has 1 unspecified atom stereocenters. The molecule has 0 bridgehead atoms. The maximum atomic E-state index is 11.0. The van der Waals surface area contributed by atoms with Crippen molar-refractivity contribution in [3.05, 3.63) is 0 Å². The van der Waals surface area contributed by atoms with Crippen LogP contribution in [0, 0.1) is 0 Å². The molecule has 0 aromatic heterocycles. The van der Waals surface area contributed by atoms with E-state index in [0.29, 0.717) is 12.4 Å². The van der Waals surface area contributed by atoms with E-state index in [2.05, 4.69) is 16.8 Å². The summed E-state index contributed by atoms with van der Waals surface area (Å²) in [6, 6.07) is 0. The van der Waals surface area contributed by atoms with Gasteiger partial charge in [-0.15, -0.1) is 0 Å². The van der Waals surface area contributed by atoms with Crippen molar-refractivity contribution in [3.8, 4) is 0 Å². The molecule has 0 fully saturated rings. The van der Waals surface area contributed by atoms with Crippen LogP contribution < -0.4 is 51.4 Å². The summed E-state index contributed by atoms with van der Waals surface area (Å²) in [4.78, 5) is 0. The van der Waals surface area contributed by atoms with Crippen LogP contribution in [0.25, 0.3) is 0 Å². The average molecular weight is 240 g/mol. The quantitative estimate of drug-likeness (QED) is 0.258. The van der Waals surface area contributed by atoms with E-state index in [1.54, 1.807) is 7.11 Å². The molecule has 0 N–H and O–H groups in total. The normalized spacial score (nSPS) is 15.2. The van der Waals surface area contributed by atoms with E-state index in [-0.39, 0.29) is 51.4 Å². The first kappa shape index (κ1) is 15.9. The fourth-order valence-corrected chi connectivity index (χ4v) is 2.74. The van der Waals surface area contributed by atoms with Crippen LogP contribution in [-0.4, -0.2) is 26.6 Å². The first-order valence-corrected chi connectivity index (χ1v) is 6.85. The third-order valence-corrected chi connectivity index (χ3v) is 5.21. The van der Waals surface area contributed by atoms with Gasteiger partial charge in [0.15, 0.2) is 0 Å². The zero-order valence-corrected chi connectivity index (χ0v) is 12.6. The van der Waals surface area contributed by atoms with Gasteiger partial charge in [0.25, 0.3) is 0 Å². The van der Waals surface area contributed by atoms with Crippen LogP contribution in [0.4, 0.5) is 0 Å². The van der Waals surface area contributed by atoms with Crippen molar-refractivity contribution in [2.24, 2.45) is 0 Å². The summed E-state index contributed by atoms with van der Waals surface area (Å²) >= 11 is 5.73. The van der Waals surface area contributed by atoms with E-state index in [0.717, 1.165) is 11.4 Å². The molecule has 0 saturated carbocycles. The largest absolute Gasteiger partial charge is 1.00 e. The Balaban J connectivity index is 0. The minimum absolute atomic E-state index is 0. The van der Waals surface area contributed by atoms with E-state index in [1.165, 1.54) is 7.11 Å². The van der Waals surface area contributed by atoms with Gasteiger partial charge in [-0.05, 0) is 0 Å². The molecule has 0 aliphatic heterocycles. The second-order valence-electron chi connectivity index (χ2n) is 1.46. The number of hydrogen-bond donors (Lipinski definition) is 0. The summed E-state index contributed by atoms with van der Waals surface area (Å²) in [7, 11) is 2.94. The molecule has 0 aromatic rings. The molecule has 0 spiro atoms. The molecule has 0 aromatic carbocycles. The molecule has 7 heteroatoms. The zero-order valence-electron chi connectivity index (χ0n) is 6.90. The number of rotatable bonds is 5. The summed E-state index contributed by atoms with van der Waals surface area (Å²) in [5.41, 5.74) is 0. The van der Waals surface area contributed by atoms with Crippen molar-refractivity contribution in [2.75, 3.05) is 26.6 Å². The molecular weight excluding hydrogens is 230 g/mol. The zero-order chi connectivity index (χ0) is 8.04. The van der Waals surface area contributed by atoms with Gasteiger partial charge in [-0.25, -0.2) is 0 Å². The van der Waals surface area contributed by atoms with E-state index in [9.17, 15) is 4.57 Å². The second-order valence-corrected chi connectivity index (χ2v) is 7.73. The van der Waals surface area contributed by atoms with Gasteiger partial charge in [0.05, 0.1) is 6.61 Å². The van der Waals surface area contributed by atoms with E-state index < -0.39 is 5.77 Å². The minimum atomic E-state index is -2.78. The topological polar surface area (TPSA) is 35.5 Å². The predicted octanol–water partition coefficient (Wildman–Crippen LogP) is -1.33. The van der Waals surface area contributed by atoms with E-state index in [4.69, 9.17) is 4.74 Å². The molecule has 0 rings (SSSR count). The Kier molecular flexibility index (Phi) is 13.1. The maximum Gasteiger partial charge on any atom is 1.00 e. The molecule has 0 aliphatic rings. The van der Waals surface area contributed by atoms with Gasteiger partial charge >= 0.3 is 51.4 Å². The Hall–Kier alpha value is 2.49. The van der Waals surface area contributed by atoms with Gasteiger partial charge in [-0.1, -0.05) is 11.4 Å². The first-order chi connectivity index (χ1) is 4.62. The van der Waals surface area contributed by atoms with Gasteiger partial charge in [0, 0.05) is 20.0 Å². The van der Waals surface area contributed by atoms with Gasteiger partial charge in [-0.2, -0.15) is 0 Å². The van der Waals surface area contributed by atoms with E-state index in [1.807, 2.05) is 0 Å². The Bertz CT molecular complexity index is 135. The second kappa shape index (κ2) is 9.06. The van der Waals surface area contributed by atoms with Crippen molar-refractivity contribution >= 4 is 29.4 Å². The van der Waals surface area contributed by atoms with Crippen LogP contribution in [0.15, 0.2) is 0 Å². The predicted molar refractivity (Wildman–Crippen MR) is 46.3 cm³/mol. The average Bonchev–Trinajstić information content (AvgIpc) is 1.89. The van der Waals surface area contributed by atoms with Gasteiger partial charge in [0.2, 0.25) is 0 Å². The van der Waals surface area contributed by atoms with Crippen LogP contribution in [0.5, 0.6) is 0 Å². The Morgan fingerprint density at radius 3 is 2.45 bits per heavy atom. The van der Waals surface area contributed by atoms with Crippen LogP contribution >= 0.6 is 17.2 Å². The van der Waals surface area contributed by atoms with Crippen molar-refractivity contribution in [1.82, 2.24) is 0 Å². The molecule has 0 radical (unpaired) electrons. The van der Waals surface area contributed by atoms with Gasteiger partial charge < -0.3 is 26.1 Å². The van der Waals surface area contributed by atoms with Crippen LogP contribution in [0.1, 0.15) is 0 Å².